The standard InChI is InChI=1S/C21H24FN3O2/c22-18-8-4-3-7-16(18)9-12-24-20(26)19-15-17(10-11-23-19)21(27)25-13-5-1-2-6-14-25/h3-4,7-8,10-11,15H,1-2,5-6,9,12-14H2,(H,24,26). The number of nitrogens with one attached hydrogen (secondary N) is 1. The molecule has 27 heavy (non-hydrogen) atoms. The van der Waals surface area contributed by atoms with Gasteiger partial charge in [0.15, 0.2) is 0 Å². The van der Waals surface area contributed by atoms with Crippen LogP contribution in [0.4, 0.5) is 4.39 Å². The number of likely N-dealkylation sites (tertiary alicyclic amines) is 1. The van der Waals surface area contributed by atoms with Crippen molar-refractivity contribution < 1.29 is 14.0 Å². The van der Waals surface area contributed by atoms with Crippen LogP contribution in [-0.4, -0.2) is 41.3 Å². The van der Waals surface area contributed by atoms with E-state index in [1.807, 2.05) is 4.90 Å². The van der Waals surface area contributed by atoms with Crippen molar-refractivity contribution in [1.29, 1.82) is 0 Å². The summed E-state index contributed by atoms with van der Waals surface area (Å²) in [5.41, 5.74) is 1.23. The van der Waals surface area contributed by atoms with E-state index in [9.17, 15) is 14.0 Å². The first-order chi connectivity index (χ1) is 13.1. The highest BCUT2D eigenvalue weighted by Gasteiger charge is 2.19. The molecule has 1 aliphatic heterocycles. The molecule has 0 spiro atoms. The van der Waals surface area contributed by atoms with Gasteiger partial charge < -0.3 is 10.2 Å². The molecule has 1 aromatic heterocycles. The number of hydrogen-bond donors (Lipinski definition) is 1. The summed E-state index contributed by atoms with van der Waals surface area (Å²) in [7, 11) is 0. The molecular formula is C21H24FN3O2. The summed E-state index contributed by atoms with van der Waals surface area (Å²) >= 11 is 0. The summed E-state index contributed by atoms with van der Waals surface area (Å²) in [4.78, 5) is 30.9. The maximum absolute atomic E-state index is 13.6. The van der Waals surface area contributed by atoms with Gasteiger partial charge in [-0.05, 0) is 43.0 Å². The van der Waals surface area contributed by atoms with E-state index in [2.05, 4.69) is 10.3 Å². The minimum Gasteiger partial charge on any atom is -0.350 e. The Kier molecular flexibility index (Phi) is 6.52. The van der Waals surface area contributed by atoms with Crippen LogP contribution >= 0.6 is 0 Å². The fraction of sp³-hybridized carbons (Fsp3) is 0.381. The summed E-state index contributed by atoms with van der Waals surface area (Å²) in [5, 5.41) is 2.74. The summed E-state index contributed by atoms with van der Waals surface area (Å²) in [5.74, 6) is -0.702. The van der Waals surface area contributed by atoms with Gasteiger partial charge in [-0.3, -0.25) is 14.6 Å². The second kappa shape index (κ2) is 9.26. The smallest absolute Gasteiger partial charge is 0.269 e. The third-order valence-corrected chi connectivity index (χ3v) is 4.77. The minimum absolute atomic E-state index is 0.0558. The molecule has 0 atom stereocenters. The quantitative estimate of drug-likeness (QED) is 0.880. The van der Waals surface area contributed by atoms with Gasteiger partial charge in [-0.25, -0.2) is 4.39 Å². The van der Waals surface area contributed by atoms with Crippen LogP contribution < -0.4 is 5.32 Å². The zero-order valence-corrected chi connectivity index (χ0v) is 15.3. The maximum Gasteiger partial charge on any atom is 0.269 e. The Bertz CT molecular complexity index is 802. The van der Waals surface area contributed by atoms with Gasteiger partial charge in [-0.15, -0.1) is 0 Å². The lowest BCUT2D eigenvalue weighted by atomic mass is 10.1. The number of amides is 2. The molecule has 1 fully saturated rings. The average Bonchev–Trinajstić information content (AvgIpc) is 2.98. The second-order valence-electron chi connectivity index (χ2n) is 6.73. The normalized spacial score (nSPS) is 14.5. The van der Waals surface area contributed by atoms with Crippen molar-refractivity contribution in [3.63, 3.8) is 0 Å². The van der Waals surface area contributed by atoms with E-state index in [0.29, 0.717) is 24.1 Å². The highest BCUT2D eigenvalue weighted by molar-refractivity contribution is 5.98. The molecule has 0 radical (unpaired) electrons. The van der Waals surface area contributed by atoms with Crippen LogP contribution in [0.25, 0.3) is 0 Å². The Balaban J connectivity index is 1.59. The van der Waals surface area contributed by atoms with Crippen molar-refractivity contribution >= 4 is 11.8 Å². The van der Waals surface area contributed by atoms with Gasteiger partial charge in [0.1, 0.15) is 11.5 Å². The molecule has 3 rings (SSSR count). The Labute approximate surface area is 158 Å². The molecule has 1 saturated heterocycles. The fourth-order valence-corrected chi connectivity index (χ4v) is 3.25. The summed E-state index contributed by atoms with van der Waals surface area (Å²) in [6.45, 7) is 1.81. The first kappa shape index (κ1) is 19.0. The number of pyridine rings is 1. The Hall–Kier alpha value is -2.76. The molecule has 0 unspecified atom stereocenters. The molecule has 6 heteroatoms. The van der Waals surface area contributed by atoms with Gasteiger partial charge in [-0.1, -0.05) is 31.0 Å². The highest BCUT2D eigenvalue weighted by Crippen LogP contribution is 2.14. The molecule has 1 aliphatic rings. The lowest BCUT2D eigenvalue weighted by Gasteiger charge is -2.20. The van der Waals surface area contributed by atoms with Crippen LogP contribution in [0.1, 0.15) is 52.1 Å². The van der Waals surface area contributed by atoms with Crippen LogP contribution in [-0.2, 0) is 6.42 Å². The molecule has 2 amide bonds. The number of rotatable bonds is 5. The van der Waals surface area contributed by atoms with Crippen molar-refractivity contribution in [1.82, 2.24) is 15.2 Å². The summed E-state index contributed by atoms with van der Waals surface area (Å²) in [6.07, 6.45) is 6.20. The molecule has 1 N–H and O–H groups in total. The average molecular weight is 369 g/mol. The zero-order chi connectivity index (χ0) is 19.1. The van der Waals surface area contributed by atoms with Crippen molar-refractivity contribution in [2.45, 2.75) is 32.1 Å². The summed E-state index contributed by atoms with van der Waals surface area (Å²) < 4.78 is 13.6. The first-order valence-corrected chi connectivity index (χ1v) is 9.42. The molecule has 0 bridgehead atoms. The number of halogens is 1. The largest absolute Gasteiger partial charge is 0.350 e. The minimum atomic E-state index is -0.364. The van der Waals surface area contributed by atoms with Crippen LogP contribution in [0.3, 0.4) is 0 Å². The number of hydrogen-bond acceptors (Lipinski definition) is 3. The van der Waals surface area contributed by atoms with Crippen LogP contribution in [0, 0.1) is 5.82 Å². The van der Waals surface area contributed by atoms with E-state index in [1.165, 1.54) is 18.3 Å². The predicted octanol–water partition coefficient (Wildman–Crippen LogP) is 3.21. The van der Waals surface area contributed by atoms with Gasteiger partial charge in [0.25, 0.3) is 11.8 Å². The molecule has 142 valence electrons. The third kappa shape index (κ3) is 5.12. The molecule has 5 nitrogen and oxygen atoms in total. The molecule has 0 aliphatic carbocycles. The number of nitrogens with zero attached hydrogens (tertiary/aromatic N) is 2. The van der Waals surface area contributed by atoms with E-state index in [-0.39, 0.29) is 23.3 Å². The number of aromatic nitrogens is 1. The van der Waals surface area contributed by atoms with E-state index in [4.69, 9.17) is 0 Å². The first-order valence-electron chi connectivity index (χ1n) is 9.42. The Morgan fingerprint density at radius 3 is 2.56 bits per heavy atom. The maximum atomic E-state index is 13.6. The van der Waals surface area contributed by atoms with Gasteiger partial charge >= 0.3 is 0 Å². The third-order valence-electron chi connectivity index (χ3n) is 4.77. The second-order valence-corrected chi connectivity index (χ2v) is 6.73. The topological polar surface area (TPSA) is 62.3 Å². The van der Waals surface area contributed by atoms with E-state index in [1.54, 1.807) is 24.3 Å². The molecule has 2 heterocycles. The van der Waals surface area contributed by atoms with Gasteiger partial charge in [0, 0.05) is 31.4 Å². The van der Waals surface area contributed by atoms with E-state index in [0.717, 1.165) is 38.8 Å². The Morgan fingerprint density at radius 2 is 1.81 bits per heavy atom. The van der Waals surface area contributed by atoms with Gasteiger partial charge in [0.05, 0.1) is 0 Å². The molecule has 2 aromatic rings. The van der Waals surface area contributed by atoms with Crippen molar-refractivity contribution in [3.8, 4) is 0 Å². The Morgan fingerprint density at radius 1 is 1.07 bits per heavy atom. The van der Waals surface area contributed by atoms with Crippen molar-refractivity contribution in [3.05, 3.63) is 65.2 Å². The van der Waals surface area contributed by atoms with E-state index >= 15 is 0 Å². The predicted molar refractivity (Wildman–Crippen MR) is 101 cm³/mol. The fourth-order valence-electron chi connectivity index (χ4n) is 3.25. The number of carbonyl (C=O) groups excluding carboxylic acids is 2. The highest BCUT2D eigenvalue weighted by atomic mass is 19.1. The van der Waals surface area contributed by atoms with Crippen LogP contribution in [0.5, 0.6) is 0 Å². The lowest BCUT2D eigenvalue weighted by molar-refractivity contribution is 0.0761. The molecular weight excluding hydrogens is 345 g/mol. The number of carbonyl (C=O) groups is 2. The van der Waals surface area contributed by atoms with Crippen molar-refractivity contribution in [2.24, 2.45) is 0 Å². The number of benzene rings is 1. The monoisotopic (exact) mass is 369 g/mol. The summed E-state index contributed by atoms with van der Waals surface area (Å²) in [6, 6.07) is 9.67. The lowest BCUT2D eigenvalue weighted by Crippen LogP contribution is -2.32. The zero-order valence-electron chi connectivity index (χ0n) is 15.3. The van der Waals surface area contributed by atoms with Crippen LogP contribution in [0.15, 0.2) is 42.6 Å². The molecule has 0 saturated carbocycles. The van der Waals surface area contributed by atoms with Gasteiger partial charge in [-0.2, -0.15) is 0 Å². The SMILES string of the molecule is O=C(NCCc1ccccc1F)c1cc(C(=O)N2CCCCCC2)ccn1. The van der Waals surface area contributed by atoms with E-state index < -0.39 is 0 Å². The van der Waals surface area contributed by atoms with Crippen molar-refractivity contribution in [2.75, 3.05) is 19.6 Å². The van der Waals surface area contributed by atoms with Crippen LogP contribution in [0.2, 0.25) is 0 Å². The van der Waals surface area contributed by atoms with Gasteiger partial charge in [0.2, 0.25) is 0 Å². The molecule has 1 aromatic carbocycles.